The summed E-state index contributed by atoms with van der Waals surface area (Å²) in [4.78, 5) is 4.28. The third kappa shape index (κ3) is 2.42. The standard InChI is InChI=1S/C19H22N2O2/c1-12-17-10-20-11-21(17)16(9-18(23)14-7-15(22)8-14)19(12)13-5-3-2-4-6-13/h2-6,10-11,14-16,18,22-23H,7-9H2,1H3. The van der Waals surface area contributed by atoms with E-state index >= 15 is 0 Å². The minimum Gasteiger partial charge on any atom is -0.393 e. The van der Waals surface area contributed by atoms with Crippen molar-refractivity contribution in [2.75, 3.05) is 0 Å². The van der Waals surface area contributed by atoms with Crippen molar-refractivity contribution in [2.45, 2.75) is 44.4 Å². The van der Waals surface area contributed by atoms with E-state index in [1.165, 1.54) is 16.7 Å². The topological polar surface area (TPSA) is 58.3 Å². The van der Waals surface area contributed by atoms with Gasteiger partial charge in [-0.2, -0.15) is 0 Å². The maximum Gasteiger partial charge on any atom is 0.0956 e. The smallest absolute Gasteiger partial charge is 0.0956 e. The third-order valence-corrected chi connectivity index (χ3v) is 5.37. The summed E-state index contributed by atoms with van der Waals surface area (Å²) in [6.45, 7) is 2.13. The lowest BCUT2D eigenvalue weighted by atomic mass is 9.76. The number of aliphatic hydroxyl groups is 2. The highest BCUT2D eigenvalue weighted by Gasteiger charge is 2.37. The highest BCUT2D eigenvalue weighted by Crippen LogP contribution is 2.45. The van der Waals surface area contributed by atoms with Crippen LogP contribution in [0.5, 0.6) is 0 Å². The maximum atomic E-state index is 10.6. The van der Waals surface area contributed by atoms with E-state index in [-0.39, 0.29) is 24.2 Å². The van der Waals surface area contributed by atoms with Crippen LogP contribution in [0.1, 0.15) is 43.5 Å². The Morgan fingerprint density at radius 1 is 1.26 bits per heavy atom. The molecule has 1 aliphatic carbocycles. The van der Waals surface area contributed by atoms with Crippen LogP contribution < -0.4 is 0 Å². The van der Waals surface area contributed by atoms with Crippen molar-refractivity contribution in [3.8, 4) is 0 Å². The molecule has 0 amide bonds. The summed E-state index contributed by atoms with van der Waals surface area (Å²) in [7, 11) is 0. The number of aromatic nitrogens is 2. The van der Waals surface area contributed by atoms with Gasteiger partial charge in [-0.1, -0.05) is 30.3 Å². The lowest BCUT2D eigenvalue weighted by Gasteiger charge is -2.36. The zero-order chi connectivity index (χ0) is 16.0. The molecule has 2 aromatic rings. The fourth-order valence-corrected chi connectivity index (χ4v) is 3.99. The summed E-state index contributed by atoms with van der Waals surface area (Å²) in [6, 6.07) is 10.5. The minimum absolute atomic E-state index is 0.114. The Morgan fingerprint density at radius 3 is 2.70 bits per heavy atom. The molecule has 4 nitrogen and oxygen atoms in total. The van der Waals surface area contributed by atoms with Gasteiger partial charge in [-0.25, -0.2) is 4.98 Å². The second-order valence-corrected chi connectivity index (χ2v) is 6.80. The fourth-order valence-electron chi connectivity index (χ4n) is 3.99. The molecule has 2 atom stereocenters. The van der Waals surface area contributed by atoms with Gasteiger partial charge in [0.1, 0.15) is 0 Å². The number of rotatable bonds is 4. The van der Waals surface area contributed by atoms with Gasteiger partial charge in [-0.3, -0.25) is 0 Å². The van der Waals surface area contributed by atoms with Crippen molar-refractivity contribution in [1.82, 2.24) is 9.55 Å². The highest BCUT2D eigenvalue weighted by molar-refractivity contribution is 5.93. The molecule has 2 unspecified atom stereocenters. The van der Waals surface area contributed by atoms with Gasteiger partial charge in [0, 0.05) is 0 Å². The third-order valence-electron chi connectivity index (χ3n) is 5.37. The van der Waals surface area contributed by atoms with Crippen LogP contribution in [0.15, 0.2) is 42.9 Å². The molecule has 1 aromatic carbocycles. The van der Waals surface area contributed by atoms with E-state index < -0.39 is 0 Å². The zero-order valence-electron chi connectivity index (χ0n) is 13.3. The Kier molecular flexibility index (Phi) is 3.58. The lowest BCUT2D eigenvalue weighted by Crippen LogP contribution is -2.38. The van der Waals surface area contributed by atoms with Gasteiger partial charge in [-0.15, -0.1) is 0 Å². The van der Waals surface area contributed by atoms with Gasteiger partial charge in [-0.05, 0) is 48.8 Å². The van der Waals surface area contributed by atoms with Crippen molar-refractivity contribution in [1.29, 1.82) is 0 Å². The summed E-state index contributed by atoms with van der Waals surface area (Å²) >= 11 is 0. The summed E-state index contributed by atoms with van der Waals surface area (Å²) in [6.07, 6.45) is 5.25. The quantitative estimate of drug-likeness (QED) is 0.913. The number of hydrogen-bond donors (Lipinski definition) is 2. The summed E-state index contributed by atoms with van der Waals surface area (Å²) < 4.78 is 2.18. The first-order valence-electron chi connectivity index (χ1n) is 8.29. The predicted molar refractivity (Wildman–Crippen MR) is 89.5 cm³/mol. The van der Waals surface area contributed by atoms with Gasteiger partial charge in [0.2, 0.25) is 0 Å². The minimum atomic E-state index is -0.386. The van der Waals surface area contributed by atoms with Crippen LogP contribution in [0.2, 0.25) is 0 Å². The molecule has 1 aromatic heterocycles. The average molecular weight is 310 g/mol. The Labute approximate surface area is 136 Å². The molecule has 2 N–H and O–H groups in total. The average Bonchev–Trinajstić information content (AvgIpc) is 3.09. The fraction of sp³-hybridized carbons (Fsp3) is 0.421. The first kappa shape index (κ1) is 14.7. The van der Waals surface area contributed by atoms with Crippen LogP contribution in [0, 0.1) is 5.92 Å². The summed E-state index contributed by atoms with van der Waals surface area (Å²) in [5.41, 5.74) is 4.86. The second-order valence-electron chi connectivity index (χ2n) is 6.80. The SMILES string of the molecule is CC1=C(c2ccccc2)C(CC(O)C2CC(O)C2)n2cncc21. The zero-order valence-corrected chi connectivity index (χ0v) is 13.3. The number of allylic oxidation sites excluding steroid dienone is 2. The Bertz CT molecular complexity index is 729. The molecule has 0 saturated heterocycles. The van der Waals surface area contributed by atoms with Gasteiger partial charge in [0.05, 0.1) is 36.5 Å². The molecule has 2 aliphatic rings. The van der Waals surface area contributed by atoms with Gasteiger partial charge in [0.25, 0.3) is 0 Å². The van der Waals surface area contributed by atoms with Crippen molar-refractivity contribution >= 4 is 11.1 Å². The Morgan fingerprint density at radius 2 is 2.00 bits per heavy atom. The van der Waals surface area contributed by atoms with Gasteiger partial charge in [0.15, 0.2) is 0 Å². The molecule has 23 heavy (non-hydrogen) atoms. The van der Waals surface area contributed by atoms with E-state index in [0.29, 0.717) is 19.3 Å². The van der Waals surface area contributed by atoms with E-state index in [1.807, 2.05) is 18.6 Å². The van der Waals surface area contributed by atoms with E-state index in [4.69, 9.17) is 0 Å². The van der Waals surface area contributed by atoms with E-state index in [2.05, 4.69) is 40.7 Å². The van der Waals surface area contributed by atoms with Crippen LogP contribution in [0.3, 0.4) is 0 Å². The first-order valence-corrected chi connectivity index (χ1v) is 8.29. The summed E-state index contributed by atoms with van der Waals surface area (Å²) in [5.74, 6) is 0.218. The van der Waals surface area contributed by atoms with Crippen LogP contribution in [-0.4, -0.2) is 32.0 Å². The highest BCUT2D eigenvalue weighted by atomic mass is 16.3. The molecular formula is C19H22N2O2. The van der Waals surface area contributed by atoms with E-state index in [0.717, 1.165) is 5.69 Å². The molecular weight excluding hydrogens is 288 g/mol. The van der Waals surface area contributed by atoms with Gasteiger partial charge < -0.3 is 14.8 Å². The van der Waals surface area contributed by atoms with Crippen LogP contribution in [0.25, 0.3) is 11.1 Å². The second kappa shape index (κ2) is 5.62. The molecule has 4 heteroatoms. The normalized spacial score (nSPS) is 27.7. The number of hydrogen-bond acceptors (Lipinski definition) is 3. The van der Waals surface area contributed by atoms with Crippen molar-refractivity contribution in [2.24, 2.45) is 5.92 Å². The van der Waals surface area contributed by atoms with Crippen LogP contribution in [-0.2, 0) is 0 Å². The first-order chi connectivity index (χ1) is 11.1. The molecule has 0 spiro atoms. The number of benzene rings is 1. The van der Waals surface area contributed by atoms with Crippen LogP contribution >= 0.6 is 0 Å². The number of nitrogens with zero attached hydrogens (tertiary/aromatic N) is 2. The molecule has 1 saturated carbocycles. The molecule has 0 radical (unpaired) electrons. The molecule has 1 aliphatic heterocycles. The number of imidazole rings is 1. The van der Waals surface area contributed by atoms with Crippen LogP contribution in [0.4, 0.5) is 0 Å². The van der Waals surface area contributed by atoms with Crippen molar-refractivity contribution < 1.29 is 10.2 Å². The largest absolute Gasteiger partial charge is 0.393 e. The Balaban J connectivity index is 1.66. The molecule has 120 valence electrons. The predicted octanol–water partition coefficient (Wildman–Crippen LogP) is 2.89. The van der Waals surface area contributed by atoms with E-state index in [9.17, 15) is 10.2 Å². The van der Waals surface area contributed by atoms with Crippen molar-refractivity contribution in [3.05, 3.63) is 54.1 Å². The monoisotopic (exact) mass is 310 g/mol. The van der Waals surface area contributed by atoms with Gasteiger partial charge >= 0.3 is 0 Å². The molecule has 0 bridgehead atoms. The number of aliphatic hydroxyl groups excluding tert-OH is 2. The Hall–Kier alpha value is -1.91. The van der Waals surface area contributed by atoms with Crippen molar-refractivity contribution in [3.63, 3.8) is 0 Å². The summed E-state index contributed by atoms with van der Waals surface area (Å²) in [5, 5.41) is 20.1. The molecule has 4 rings (SSSR count). The van der Waals surface area contributed by atoms with E-state index in [1.54, 1.807) is 0 Å². The maximum absolute atomic E-state index is 10.6. The molecule has 2 heterocycles. The lowest BCUT2D eigenvalue weighted by molar-refractivity contribution is -0.0330. The number of fused-ring (bicyclic) bond motifs is 1. The molecule has 1 fully saturated rings.